The lowest BCUT2D eigenvalue weighted by Gasteiger charge is -2.11. The van der Waals surface area contributed by atoms with Crippen LogP contribution in [-0.2, 0) is 17.8 Å². The van der Waals surface area contributed by atoms with Crippen molar-refractivity contribution in [3.05, 3.63) is 70.1 Å². The van der Waals surface area contributed by atoms with Crippen LogP contribution in [0.25, 0.3) is 0 Å². The van der Waals surface area contributed by atoms with Gasteiger partial charge in [0, 0.05) is 38.6 Å². The van der Waals surface area contributed by atoms with Gasteiger partial charge in [0.05, 0.1) is 13.1 Å². The second-order valence-corrected chi connectivity index (χ2v) is 6.16. The van der Waals surface area contributed by atoms with Crippen LogP contribution in [0.1, 0.15) is 31.4 Å². The standard InChI is InChI=1S/C21H30N4O2/c1-3-22-21(23-13-7-15-27-4-2)24-16-18-9-11-19(12-10-18)17-25-14-6-5-8-20(25)26/h5-6,8-12,14H,3-4,7,13,15-17H2,1-2H3,(H2,22,23,24). The largest absolute Gasteiger partial charge is 0.382 e. The highest BCUT2D eigenvalue weighted by molar-refractivity contribution is 5.79. The highest BCUT2D eigenvalue weighted by atomic mass is 16.5. The number of nitrogens with one attached hydrogen (secondary N) is 2. The van der Waals surface area contributed by atoms with Gasteiger partial charge in [-0.25, -0.2) is 4.99 Å². The van der Waals surface area contributed by atoms with Gasteiger partial charge < -0.3 is 19.9 Å². The quantitative estimate of drug-likeness (QED) is 0.383. The molecule has 2 rings (SSSR count). The van der Waals surface area contributed by atoms with E-state index in [1.807, 2.05) is 25.1 Å². The maximum Gasteiger partial charge on any atom is 0.250 e. The summed E-state index contributed by atoms with van der Waals surface area (Å²) in [4.78, 5) is 16.4. The Bertz CT molecular complexity index is 753. The van der Waals surface area contributed by atoms with Crippen LogP contribution in [0.3, 0.4) is 0 Å². The molecule has 27 heavy (non-hydrogen) atoms. The Hall–Kier alpha value is -2.60. The van der Waals surface area contributed by atoms with Crippen LogP contribution in [0.15, 0.2) is 58.4 Å². The Morgan fingerprint density at radius 1 is 1.07 bits per heavy atom. The van der Waals surface area contributed by atoms with Crippen molar-refractivity contribution in [2.24, 2.45) is 4.99 Å². The predicted octanol–water partition coefficient (Wildman–Crippen LogP) is 2.38. The normalized spacial score (nSPS) is 11.4. The highest BCUT2D eigenvalue weighted by Gasteiger charge is 2.00. The second-order valence-electron chi connectivity index (χ2n) is 6.16. The highest BCUT2D eigenvalue weighted by Crippen LogP contribution is 2.07. The van der Waals surface area contributed by atoms with Crippen LogP contribution < -0.4 is 16.2 Å². The fourth-order valence-electron chi connectivity index (χ4n) is 2.58. The van der Waals surface area contributed by atoms with Crippen molar-refractivity contribution in [2.75, 3.05) is 26.3 Å². The SMILES string of the molecule is CCNC(=NCc1ccc(Cn2ccccc2=O)cc1)NCCCOCC. The first-order valence-corrected chi connectivity index (χ1v) is 9.56. The van der Waals surface area contributed by atoms with E-state index < -0.39 is 0 Å². The van der Waals surface area contributed by atoms with E-state index in [4.69, 9.17) is 4.74 Å². The molecular formula is C21H30N4O2. The van der Waals surface area contributed by atoms with Crippen molar-refractivity contribution in [3.63, 3.8) is 0 Å². The van der Waals surface area contributed by atoms with Crippen molar-refractivity contribution in [1.82, 2.24) is 15.2 Å². The summed E-state index contributed by atoms with van der Waals surface area (Å²) in [6.07, 6.45) is 2.76. The Kier molecular flexibility index (Phi) is 9.13. The zero-order valence-electron chi connectivity index (χ0n) is 16.3. The maximum absolute atomic E-state index is 11.8. The summed E-state index contributed by atoms with van der Waals surface area (Å²) in [6.45, 7) is 8.40. The van der Waals surface area contributed by atoms with Crippen molar-refractivity contribution >= 4 is 5.96 Å². The molecule has 1 aromatic heterocycles. The minimum atomic E-state index is 0.0110. The molecule has 2 N–H and O–H groups in total. The molecule has 0 saturated carbocycles. The lowest BCUT2D eigenvalue weighted by molar-refractivity contribution is 0.145. The van der Waals surface area contributed by atoms with Gasteiger partial charge >= 0.3 is 0 Å². The first kappa shape index (κ1) is 20.7. The molecule has 0 bridgehead atoms. The number of aliphatic imine (C=N–C) groups is 1. The van der Waals surface area contributed by atoms with Gasteiger partial charge in [-0.1, -0.05) is 30.3 Å². The molecule has 0 saturated heterocycles. The Balaban J connectivity index is 1.88. The van der Waals surface area contributed by atoms with Crippen LogP contribution in [0.4, 0.5) is 0 Å². The monoisotopic (exact) mass is 370 g/mol. The zero-order chi connectivity index (χ0) is 19.3. The number of hydrogen-bond donors (Lipinski definition) is 2. The van der Waals surface area contributed by atoms with Crippen LogP contribution in [0.5, 0.6) is 0 Å². The number of benzene rings is 1. The van der Waals surface area contributed by atoms with Gasteiger partial charge in [-0.15, -0.1) is 0 Å². The van der Waals surface area contributed by atoms with E-state index in [-0.39, 0.29) is 5.56 Å². The molecule has 0 aliphatic carbocycles. The predicted molar refractivity (Wildman–Crippen MR) is 110 cm³/mol. The van der Waals surface area contributed by atoms with Crippen LogP contribution in [-0.4, -0.2) is 36.8 Å². The van der Waals surface area contributed by atoms with Gasteiger partial charge in [0.1, 0.15) is 0 Å². The van der Waals surface area contributed by atoms with Crippen LogP contribution in [0, 0.1) is 0 Å². The number of rotatable bonds is 10. The third-order valence-electron chi connectivity index (χ3n) is 4.00. The number of nitrogens with zero attached hydrogens (tertiary/aromatic N) is 2. The molecule has 0 radical (unpaired) electrons. The Morgan fingerprint density at radius 2 is 1.85 bits per heavy atom. The number of ether oxygens (including phenoxy) is 1. The van der Waals surface area contributed by atoms with Gasteiger partial charge in [0.2, 0.25) is 0 Å². The molecule has 0 atom stereocenters. The second kappa shape index (κ2) is 11.9. The smallest absolute Gasteiger partial charge is 0.250 e. The maximum atomic E-state index is 11.8. The van der Waals surface area contributed by atoms with Crippen LogP contribution in [0.2, 0.25) is 0 Å². The molecule has 0 unspecified atom stereocenters. The molecule has 0 spiro atoms. The Morgan fingerprint density at radius 3 is 2.56 bits per heavy atom. The number of hydrogen-bond acceptors (Lipinski definition) is 3. The van der Waals surface area contributed by atoms with E-state index in [2.05, 4.69) is 34.7 Å². The topological polar surface area (TPSA) is 67.7 Å². The lowest BCUT2D eigenvalue weighted by atomic mass is 10.1. The van der Waals surface area contributed by atoms with Gasteiger partial charge in [0.15, 0.2) is 5.96 Å². The summed E-state index contributed by atoms with van der Waals surface area (Å²) in [7, 11) is 0. The molecule has 146 valence electrons. The minimum Gasteiger partial charge on any atom is -0.382 e. The average molecular weight is 370 g/mol. The number of aromatic nitrogens is 1. The van der Waals surface area contributed by atoms with Gasteiger partial charge in [-0.3, -0.25) is 4.79 Å². The lowest BCUT2D eigenvalue weighted by Crippen LogP contribution is -2.38. The fraction of sp³-hybridized carbons (Fsp3) is 0.429. The number of pyridine rings is 1. The first-order chi connectivity index (χ1) is 13.2. The molecule has 2 aromatic rings. The summed E-state index contributed by atoms with van der Waals surface area (Å²) in [5.41, 5.74) is 2.24. The van der Waals surface area contributed by atoms with E-state index in [0.717, 1.165) is 49.8 Å². The van der Waals surface area contributed by atoms with Crippen molar-refractivity contribution < 1.29 is 4.74 Å². The zero-order valence-corrected chi connectivity index (χ0v) is 16.3. The summed E-state index contributed by atoms with van der Waals surface area (Å²) in [5.74, 6) is 0.814. The van der Waals surface area contributed by atoms with E-state index in [1.165, 1.54) is 0 Å². The van der Waals surface area contributed by atoms with E-state index in [0.29, 0.717) is 13.1 Å². The molecule has 6 nitrogen and oxygen atoms in total. The van der Waals surface area contributed by atoms with E-state index in [9.17, 15) is 4.79 Å². The molecule has 1 heterocycles. The van der Waals surface area contributed by atoms with E-state index in [1.54, 1.807) is 22.9 Å². The molecule has 1 aromatic carbocycles. The summed E-state index contributed by atoms with van der Waals surface area (Å²) >= 11 is 0. The summed E-state index contributed by atoms with van der Waals surface area (Å²) in [6, 6.07) is 13.4. The van der Waals surface area contributed by atoms with Gasteiger partial charge in [0.25, 0.3) is 5.56 Å². The third kappa shape index (κ3) is 7.66. The molecule has 0 amide bonds. The van der Waals surface area contributed by atoms with Gasteiger partial charge in [-0.05, 0) is 37.5 Å². The molecule has 0 aliphatic heterocycles. The molecule has 0 fully saturated rings. The minimum absolute atomic E-state index is 0.0110. The first-order valence-electron chi connectivity index (χ1n) is 9.56. The molecule has 0 aliphatic rings. The van der Waals surface area contributed by atoms with Crippen molar-refractivity contribution in [1.29, 1.82) is 0 Å². The van der Waals surface area contributed by atoms with Crippen molar-refractivity contribution in [2.45, 2.75) is 33.4 Å². The Labute approximate surface area is 161 Å². The van der Waals surface area contributed by atoms with Crippen LogP contribution >= 0.6 is 0 Å². The molecular weight excluding hydrogens is 340 g/mol. The van der Waals surface area contributed by atoms with Crippen molar-refractivity contribution in [3.8, 4) is 0 Å². The summed E-state index contributed by atoms with van der Waals surface area (Å²) in [5, 5.41) is 6.57. The average Bonchev–Trinajstić information content (AvgIpc) is 2.69. The van der Waals surface area contributed by atoms with E-state index >= 15 is 0 Å². The summed E-state index contributed by atoms with van der Waals surface area (Å²) < 4.78 is 7.04. The van der Waals surface area contributed by atoms with Gasteiger partial charge in [-0.2, -0.15) is 0 Å². The third-order valence-corrected chi connectivity index (χ3v) is 4.00. The molecule has 6 heteroatoms. The fourth-order valence-corrected chi connectivity index (χ4v) is 2.58. The number of guanidine groups is 1.